The van der Waals surface area contributed by atoms with Crippen molar-refractivity contribution >= 4 is 57.2 Å². The van der Waals surface area contributed by atoms with Crippen molar-refractivity contribution in [3.05, 3.63) is 123 Å². The highest BCUT2D eigenvalue weighted by atomic mass is 35.5. The van der Waals surface area contributed by atoms with Gasteiger partial charge in [-0.2, -0.15) is 10.2 Å². The van der Waals surface area contributed by atoms with E-state index in [9.17, 15) is 34.2 Å². The van der Waals surface area contributed by atoms with Crippen molar-refractivity contribution in [2.24, 2.45) is 7.05 Å². The fourth-order valence-electron chi connectivity index (χ4n) is 10.6. The number of nitrogens with zero attached hydrogens (tertiary/aromatic N) is 8. The zero-order valence-electron chi connectivity index (χ0n) is 44.1. The van der Waals surface area contributed by atoms with Crippen molar-refractivity contribution in [3.63, 3.8) is 0 Å². The Bertz CT molecular complexity index is 3300. The molecule has 0 unspecified atom stereocenters. The van der Waals surface area contributed by atoms with E-state index in [4.69, 9.17) is 16.7 Å². The number of halogens is 1. The third-order valence-electron chi connectivity index (χ3n) is 15.2. The standard InChI is InChI=1S/C57H69ClN12O7/c1-37(40-10-6-4-7-11-40)30-49(74)67-27-20-57(77,21-28-67)35-69-36-62-53-54(56(69)76)65-66(3)55(53)41-15-13-39(14-16-41)32-59-23-17-48(73)60-22-9-5-8-12-47(72)61-24-29-70-26-19-46(64-70)42-31-44(58)38(2)52-51(42)43-33-68(50(75)34-71)25-18-45(43)63-52/h4,6-7,10-11,13-16,19,26,31,36-37,59,63,71,77H,5,8-9,12,17-18,20-25,27-30,32-35H2,1-3H3,(H,60,73)(H,61,72)/t37-/m1/s1. The highest BCUT2D eigenvalue weighted by Gasteiger charge is 2.35. The molecule has 1 atom stereocenters. The van der Waals surface area contributed by atoms with E-state index in [1.54, 1.807) is 21.3 Å². The lowest BCUT2D eigenvalue weighted by Crippen LogP contribution is -2.49. The first-order chi connectivity index (χ1) is 37.2. The molecule has 0 bridgehead atoms. The summed E-state index contributed by atoms with van der Waals surface area (Å²) in [6.07, 6.45) is 8.11. The van der Waals surface area contributed by atoms with Crippen LogP contribution in [0.25, 0.3) is 44.5 Å². The molecule has 0 saturated carbocycles. The summed E-state index contributed by atoms with van der Waals surface area (Å²) in [5.74, 6) is -0.223. The van der Waals surface area contributed by atoms with Crippen LogP contribution in [0, 0.1) is 6.92 Å². The van der Waals surface area contributed by atoms with Crippen LogP contribution in [0.4, 0.5) is 0 Å². The van der Waals surface area contributed by atoms with Crippen LogP contribution in [0.3, 0.4) is 0 Å². The van der Waals surface area contributed by atoms with Gasteiger partial charge >= 0.3 is 0 Å². The number of rotatable bonds is 22. The lowest BCUT2D eigenvalue weighted by molar-refractivity contribution is -0.136. The smallest absolute Gasteiger partial charge is 0.281 e. The Hall–Kier alpha value is -7.19. The third-order valence-corrected chi connectivity index (χ3v) is 15.6. The number of amides is 4. The summed E-state index contributed by atoms with van der Waals surface area (Å²) >= 11 is 6.69. The molecule has 4 aromatic heterocycles. The predicted molar refractivity (Wildman–Crippen MR) is 295 cm³/mol. The fourth-order valence-corrected chi connectivity index (χ4v) is 10.8. The Labute approximate surface area is 452 Å². The first-order valence-electron chi connectivity index (χ1n) is 26.7. The number of hydrogen-bond donors (Lipinski definition) is 6. The number of aliphatic hydroxyl groups excluding tert-OH is 1. The Morgan fingerprint density at radius 2 is 1.62 bits per heavy atom. The number of nitrogens with one attached hydrogen (secondary N) is 4. The number of piperidine rings is 1. The number of H-pyrrole nitrogens is 1. The number of aryl methyl sites for hydroxylation is 2. The van der Waals surface area contributed by atoms with Gasteiger partial charge in [-0.3, -0.25) is 37.9 Å². The van der Waals surface area contributed by atoms with Crippen molar-refractivity contribution in [2.45, 2.75) is 109 Å². The van der Waals surface area contributed by atoms with E-state index in [1.807, 2.05) is 91.7 Å². The second-order valence-corrected chi connectivity index (χ2v) is 21.1. The summed E-state index contributed by atoms with van der Waals surface area (Å²) in [5, 5.41) is 41.2. The van der Waals surface area contributed by atoms with Gasteiger partial charge in [-0.25, -0.2) is 4.98 Å². The van der Waals surface area contributed by atoms with E-state index in [0.29, 0.717) is 120 Å². The van der Waals surface area contributed by atoms with Crippen LogP contribution in [0.1, 0.15) is 92.2 Å². The van der Waals surface area contributed by atoms with Gasteiger partial charge in [0.25, 0.3) is 5.56 Å². The maximum absolute atomic E-state index is 13.7. The highest BCUT2D eigenvalue weighted by Crippen LogP contribution is 2.40. The zero-order chi connectivity index (χ0) is 54.2. The Kier molecular flexibility index (Phi) is 17.3. The van der Waals surface area contributed by atoms with Crippen molar-refractivity contribution in [3.8, 4) is 22.5 Å². The second-order valence-electron chi connectivity index (χ2n) is 20.7. The van der Waals surface area contributed by atoms with Crippen LogP contribution in [-0.2, 0) is 58.8 Å². The van der Waals surface area contributed by atoms with Crippen molar-refractivity contribution in [1.29, 1.82) is 0 Å². The van der Waals surface area contributed by atoms with E-state index in [2.05, 4.69) is 31.0 Å². The Morgan fingerprint density at radius 3 is 2.39 bits per heavy atom. The van der Waals surface area contributed by atoms with Gasteiger partial charge in [-0.15, -0.1) is 0 Å². The third kappa shape index (κ3) is 12.8. The van der Waals surface area contributed by atoms with Crippen LogP contribution in [-0.4, -0.2) is 129 Å². The minimum Gasteiger partial charge on any atom is -0.388 e. The number of aromatic amines is 1. The van der Waals surface area contributed by atoms with E-state index in [0.717, 1.165) is 68.5 Å². The number of carbonyl (C=O) groups is 4. The molecule has 6 heterocycles. The van der Waals surface area contributed by atoms with Crippen LogP contribution >= 0.6 is 11.6 Å². The molecule has 77 heavy (non-hydrogen) atoms. The van der Waals surface area contributed by atoms with Crippen LogP contribution in [0.5, 0.6) is 0 Å². The highest BCUT2D eigenvalue weighted by molar-refractivity contribution is 6.33. The first kappa shape index (κ1) is 54.6. The normalized spacial score (nSPS) is 14.7. The molecule has 0 radical (unpaired) electrons. The van der Waals surface area contributed by atoms with Gasteiger partial charge in [0.1, 0.15) is 12.1 Å². The number of hydrogen-bond acceptors (Lipinski definition) is 11. The van der Waals surface area contributed by atoms with Crippen molar-refractivity contribution in [1.82, 2.24) is 59.8 Å². The van der Waals surface area contributed by atoms with Gasteiger partial charge in [0.15, 0.2) is 5.52 Å². The molecule has 4 amide bonds. The number of aromatic nitrogens is 7. The number of likely N-dealkylation sites (tertiary alicyclic amines) is 1. The number of aliphatic hydroxyl groups is 2. The maximum atomic E-state index is 13.7. The monoisotopic (exact) mass is 1070 g/mol. The van der Waals surface area contributed by atoms with Crippen LogP contribution < -0.4 is 21.5 Å². The second kappa shape index (κ2) is 24.4. The van der Waals surface area contributed by atoms with Gasteiger partial charge in [-0.1, -0.05) is 79.5 Å². The van der Waals surface area contributed by atoms with Crippen molar-refractivity contribution in [2.75, 3.05) is 45.9 Å². The van der Waals surface area contributed by atoms with E-state index >= 15 is 0 Å². The minimum atomic E-state index is -1.16. The summed E-state index contributed by atoms with van der Waals surface area (Å²) in [4.78, 5) is 76.0. The van der Waals surface area contributed by atoms with Crippen LogP contribution in [0.15, 0.2) is 84.0 Å². The average Bonchev–Trinajstić information content (AvgIpc) is 4.16. The van der Waals surface area contributed by atoms with E-state index in [-0.39, 0.29) is 47.2 Å². The zero-order valence-corrected chi connectivity index (χ0v) is 44.9. The fraction of sp³-hybridized carbons (Fsp3) is 0.439. The molecule has 0 spiro atoms. The molecule has 20 heteroatoms. The first-order valence-corrected chi connectivity index (χ1v) is 27.1. The van der Waals surface area contributed by atoms with Crippen LogP contribution in [0.2, 0.25) is 5.02 Å². The van der Waals surface area contributed by atoms with E-state index in [1.165, 1.54) is 10.9 Å². The Balaban J connectivity index is 0.647. The molecule has 6 N–H and O–H groups in total. The quantitative estimate of drug-likeness (QED) is 0.0464. The van der Waals surface area contributed by atoms with E-state index < -0.39 is 12.2 Å². The SMILES string of the molecule is Cc1c(Cl)cc(-c2ccn(CCNC(=O)CCCCCNC(=O)CCNCc3ccc(-c4c5ncn(CC6(O)CCN(C(=O)C[C@@H](C)c7ccccc7)CC6)c(=O)c5nn4C)cc3)n2)c2c3c([nH]c12)CCN(C(=O)CO)C3. The van der Waals surface area contributed by atoms with Gasteiger partial charge < -0.3 is 40.9 Å². The summed E-state index contributed by atoms with van der Waals surface area (Å²) in [5.41, 5.74) is 8.39. The molecule has 3 aromatic carbocycles. The number of benzene rings is 3. The molecule has 1 saturated heterocycles. The molecule has 0 aliphatic carbocycles. The van der Waals surface area contributed by atoms with Gasteiger partial charge in [0.2, 0.25) is 23.6 Å². The summed E-state index contributed by atoms with van der Waals surface area (Å²) < 4.78 is 4.87. The predicted octanol–water partition coefficient (Wildman–Crippen LogP) is 5.50. The average molecular weight is 1070 g/mol. The van der Waals surface area contributed by atoms with Gasteiger partial charge in [0, 0.05) is 124 Å². The molecule has 9 rings (SSSR count). The number of unbranched alkanes of at least 4 members (excludes halogenated alkanes) is 2. The lowest BCUT2D eigenvalue weighted by atomic mass is 9.90. The number of carbonyl (C=O) groups excluding carboxylic acids is 4. The lowest BCUT2D eigenvalue weighted by Gasteiger charge is -2.38. The summed E-state index contributed by atoms with van der Waals surface area (Å²) in [7, 11) is 1.78. The molecule has 2 aliphatic heterocycles. The van der Waals surface area contributed by atoms with Gasteiger partial charge in [0.05, 0.1) is 41.9 Å². The molecule has 1 fully saturated rings. The molecule has 7 aromatic rings. The van der Waals surface area contributed by atoms with Crippen molar-refractivity contribution < 1.29 is 29.4 Å². The molecular formula is C57H69ClN12O7. The molecule has 19 nitrogen and oxygen atoms in total. The maximum Gasteiger partial charge on any atom is 0.281 e. The summed E-state index contributed by atoms with van der Waals surface area (Å²) in [6, 6.07) is 21.7. The Morgan fingerprint density at radius 1 is 0.870 bits per heavy atom. The molecule has 406 valence electrons. The number of fused-ring (bicyclic) bond motifs is 4. The minimum absolute atomic E-state index is 0.0368. The molecule has 2 aliphatic rings. The largest absolute Gasteiger partial charge is 0.388 e. The molecular weight excluding hydrogens is 1000 g/mol. The summed E-state index contributed by atoms with van der Waals surface area (Å²) in [6.45, 7) is 7.80. The topological polar surface area (TPSA) is 238 Å². The van der Waals surface area contributed by atoms with Gasteiger partial charge in [-0.05, 0) is 67.3 Å².